The summed E-state index contributed by atoms with van der Waals surface area (Å²) in [6, 6.07) is 16.5. The van der Waals surface area contributed by atoms with Crippen LogP contribution in [0.2, 0.25) is 0 Å². The molecular formula is C21H20N4O3. The number of amides is 2. The third kappa shape index (κ3) is 4.60. The van der Waals surface area contributed by atoms with Crippen LogP contribution in [-0.4, -0.2) is 40.6 Å². The Morgan fingerprint density at radius 3 is 2.64 bits per heavy atom. The van der Waals surface area contributed by atoms with Gasteiger partial charge in [-0.05, 0) is 24.1 Å². The first-order valence-corrected chi connectivity index (χ1v) is 9.05. The number of anilines is 1. The van der Waals surface area contributed by atoms with Crippen LogP contribution in [-0.2, 0) is 20.8 Å². The van der Waals surface area contributed by atoms with Crippen LogP contribution in [0.4, 0.5) is 5.82 Å². The quantitative estimate of drug-likeness (QED) is 0.743. The van der Waals surface area contributed by atoms with Gasteiger partial charge in [-0.1, -0.05) is 36.4 Å². The third-order valence-electron chi connectivity index (χ3n) is 4.72. The number of aromatic nitrogens is 1. The van der Waals surface area contributed by atoms with Crippen LogP contribution < -0.4 is 5.32 Å². The van der Waals surface area contributed by atoms with Crippen LogP contribution in [0, 0.1) is 23.2 Å². The number of ketones is 1. The highest BCUT2D eigenvalue weighted by molar-refractivity contribution is 6.10. The van der Waals surface area contributed by atoms with Crippen molar-refractivity contribution in [2.75, 3.05) is 18.4 Å². The standard InChI is InChI=1S/C21H20N4O3/c22-13-17(21(28)24-18-8-4-5-10-23-18)20(27)16-12-19(26)25(14-16)11-9-15-6-2-1-3-7-15/h1-8,10,16-17H,9,11-12,14H2,(H,23,24,28). The molecule has 2 atom stereocenters. The van der Waals surface area contributed by atoms with Gasteiger partial charge in [0.1, 0.15) is 5.82 Å². The van der Waals surface area contributed by atoms with Crippen molar-refractivity contribution in [2.24, 2.45) is 11.8 Å². The van der Waals surface area contributed by atoms with Crippen LogP contribution in [0.15, 0.2) is 54.7 Å². The Labute approximate surface area is 163 Å². The molecular weight excluding hydrogens is 356 g/mol. The van der Waals surface area contributed by atoms with E-state index in [4.69, 9.17) is 0 Å². The summed E-state index contributed by atoms with van der Waals surface area (Å²) in [5.41, 5.74) is 1.11. The second kappa shape index (κ2) is 8.91. The summed E-state index contributed by atoms with van der Waals surface area (Å²) >= 11 is 0. The van der Waals surface area contributed by atoms with E-state index >= 15 is 0 Å². The number of carbonyl (C=O) groups is 3. The number of likely N-dealkylation sites (tertiary alicyclic amines) is 1. The van der Waals surface area contributed by atoms with E-state index < -0.39 is 23.5 Å². The molecule has 7 nitrogen and oxygen atoms in total. The van der Waals surface area contributed by atoms with Gasteiger partial charge in [0.2, 0.25) is 5.91 Å². The first-order chi connectivity index (χ1) is 13.6. The van der Waals surface area contributed by atoms with Crippen molar-refractivity contribution in [3.63, 3.8) is 0 Å². The fraction of sp³-hybridized carbons (Fsp3) is 0.286. The fourth-order valence-electron chi connectivity index (χ4n) is 3.21. The van der Waals surface area contributed by atoms with Crippen molar-refractivity contribution in [1.82, 2.24) is 9.88 Å². The molecule has 142 valence electrons. The van der Waals surface area contributed by atoms with Crippen molar-refractivity contribution in [1.29, 1.82) is 5.26 Å². The Kier molecular flexibility index (Phi) is 6.12. The maximum absolute atomic E-state index is 12.7. The molecule has 0 aliphatic carbocycles. The summed E-state index contributed by atoms with van der Waals surface area (Å²) in [7, 11) is 0. The average Bonchev–Trinajstić information content (AvgIpc) is 3.09. The van der Waals surface area contributed by atoms with E-state index in [0.717, 1.165) is 5.56 Å². The van der Waals surface area contributed by atoms with Crippen LogP contribution in [0.1, 0.15) is 12.0 Å². The summed E-state index contributed by atoms with van der Waals surface area (Å²) in [5.74, 6) is -3.21. The molecule has 0 saturated carbocycles. The van der Waals surface area contributed by atoms with Gasteiger partial charge in [0.05, 0.1) is 6.07 Å². The zero-order chi connectivity index (χ0) is 19.9. The van der Waals surface area contributed by atoms with Crippen molar-refractivity contribution >= 4 is 23.4 Å². The van der Waals surface area contributed by atoms with Gasteiger partial charge in [0, 0.05) is 31.6 Å². The molecule has 0 spiro atoms. The molecule has 2 aromatic rings. The minimum absolute atomic E-state index is 0.0304. The Morgan fingerprint density at radius 2 is 1.96 bits per heavy atom. The summed E-state index contributed by atoms with van der Waals surface area (Å²) in [4.78, 5) is 42.9. The molecule has 3 rings (SSSR count). The molecule has 1 aliphatic rings. The predicted octanol–water partition coefficient (Wildman–Crippen LogP) is 1.82. The number of pyridine rings is 1. The monoisotopic (exact) mass is 376 g/mol. The Balaban J connectivity index is 1.59. The number of nitriles is 1. The van der Waals surface area contributed by atoms with Gasteiger partial charge in [-0.15, -0.1) is 0 Å². The number of hydrogen-bond acceptors (Lipinski definition) is 5. The number of nitrogens with one attached hydrogen (secondary N) is 1. The lowest BCUT2D eigenvalue weighted by Gasteiger charge is -2.17. The average molecular weight is 376 g/mol. The maximum atomic E-state index is 12.7. The minimum Gasteiger partial charge on any atom is -0.342 e. The largest absolute Gasteiger partial charge is 0.342 e. The highest BCUT2D eigenvalue weighted by Crippen LogP contribution is 2.23. The second-order valence-corrected chi connectivity index (χ2v) is 6.65. The second-order valence-electron chi connectivity index (χ2n) is 6.65. The molecule has 2 unspecified atom stereocenters. The lowest BCUT2D eigenvalue weighted by molar-refractivity contribution is -0.132. The number of carbonyl (C=O) groups excluding carboxylic acids is 3. The molecule has 28 heavy (non-hydrogen) atoms. The van der Waals surface area contributed by atoms with Crippen molar-refractivity contribution < 1.29 is 14.4 Å². The lowest BCUT2D eigenvalue weighted by atomic mass is 9.92. The number of nitrogens with zero attached hydrogens (tertiary/aromatic N) is 3. The van der Waals surface area contributed by atoms with Gasteiger partial charge in [-0.25, -0.2) is 4.98 Å². The van der Waals surface area contributed by atoms with E-state index in [1.165, 1.54) is 6.20 Å². The van der Waals surface area contributed by atoms with E-state index in [2.05, 4.69) is 10.3 Å². The van der Waals surface area contributed by atoms with Gasteiger partial charge in [-0.3, -0.25) is 14.4 Å². The number of rotatable bonds is 7. The molecule has 1 aliphatic heterocycles. The van der Waals surface area contributed by atoms with E-state index in [0.29, 0.717) is 13.0 Å². The molecule has 7 heteroatoms. The van der Waals surface area contributed by atoms with Crippen molar-refractivity contribution in [2.45, 2.75) is 12.8 Å². The predicted molar refractivity (Wildman–Crippen MR) is 102 cm³/mol. The van der Waals surface area contributed by atoms with Crippen molar-refractivity contribution in [3.05, 3.63) is 60.3 Å². The first kappa shape index (κ1) is 19.2. The van der Waals surface area contributed by atoms with Gasteiger partial charge >= 0.3 is 0 Å². The van der Waals surface area contributed by atoms with E-state index in [1.807, 2.05) is 30.3 Å². The third-order valence-corrected chi connectivity index (χ3v) is 4.72. The van der Waals surface area contributed by atoms with Crippen LogP contribution in [0.25, 0.3) is 0 Å². The van der Waals surface area contributed by atoms with E-state index in [-0.39, 0.29) is 24.7 Å². The summed E-state index contributed by atoms with van der Waals surface area (Å²) in [6.45, 7) is 0.740. The summed E-state index contributed by atoms with van der Waals surface area (Å²) in [5, 5.41) is 11.8. The summed E-state index contributed by atoms with van der Waals surface area (Å²) < 4.78 is 0. The van der Waals surface area contributed by atoms with Gasteiger partial charge in [-0.2, -0.15) is 5.26 Å². The molecule has 1 N–H and O–H groups in total. The molecule has 1 fully saturated rings. The zero-order valence-electron chi connectivity index (χ0n) is 15.2. The highest BCUT2D eigenvalue weighted by atomic mass is 16.2. The molecule has 1 saturated heterocycles. The fourth-order valence-corrected chi connectivity index (χ4v) is 3.21. The van der Waals surface area contributed by atoms with Crippen LogP contribution >= 0.6 is 0 Å². The molecule has 1 aromatic carbocycles. The van der Waals surface area contributed by atoms with E-state index in [1.54, 1.807) is 29.2 Å². The van der Waals surface area contributed by atoms with Gasteiger partial charge in [0.15, 0.2) is 11.7 Å². The molecule has 2 amide bonds. The Bertz CT molecular complexity index is 893. The Morgan fingerprint density at radius 1 is 1.21 bits per heavy atom. The van der Waals surface area contributed by atoms with Crippen LogP contribution in [0.3, 0.4) is 0 Å². The molecule has 0 radical (unpaired) electrons. The molecule has 2 heterocycles. The molecule has 1 aromatic heterocycles. The first-order valence-electron chi connectivity index (χ1n) is 9.05. The minimum atomic E-state index is -1.46. The highest BCUT2D eigenvalue weighted by Gasteiger charge is 2.39. The SMILES string of the molecule is N#CC(C(=O)Nc1ccccn1)C(=O)C1CC(=O)N(CCc2ccccc2)C1. The normalized spacial score (nSPS) is 17.0. The Hall–Kier alpha value is -3.53. The molecule has 0 bridgehead atoms. The van der Waals surface area contributed by atoms with Crippen molar-refractivity contribution in [3.8, 4) is 6.07 Å². The van der Waals surface area contributed by atoms with E-state index in [9.17, 15) is 19.6 Å². The van der Waals surface area contributed by atoms with Gasteiger partial charge < -0.3 is 10.2 Å². The van der Waals surface area contributed by atoms with Gasteiger partial charge in [0.25, 0.3) is 5.91 Å². The number of benzene rings is 1. The van der Waals surface area contributed by atoms with Crippen LogP contribution in [0.5, 0.6) is 0 Å². The number of Topliss-reactive ketones (excluding diaryl/α,β-unsaturated/α-hetero) is 1. The lowest BCUT2D eigenvalue weighted by Crippen LogP contribution is -2.34. The topological polar surface area (TPSA) is 103 Å². The zero-order valence-corrected chi connectivity index (χ0v) is 15.2. The maximum Gasteiger partial charge on any atom is 0.250 e. The number of hydrogen-bond donors (Lipinski definition) is 1. The smallest absolute Gasteiger partial charge is 0.250 e. The summed E-state index contributed by atoms with van der Waals surface area (Å²) in [6.07, 6.45) is 2.22.